The van der Waals surface area contributed by atoms with Crippen molar-refractivity contribution in [3.8, 4) is 0 Å². The zero-order chi connectivity index (χ0) is 14.4. The molecular formula is C14H20Br2N2OS. The first-order chi connectivity index (χ1) is 9.66. The van der Waals surface area contributed by atoms with Gasteiger partial charge in [0.15, 0.2) is 0 Å². The van der Waals surface area contributed by atoms with Gasteiger partial charge in [-0.05, 0) is 50.8 Å². The SMILES string of the molecule is O=C(NCCNC1CCCCCC1)c1cc(Br)sc1Br. The van der Waals surface area contributed by atoms with Gasteiger partial charge in [0.05, 0.1) is 13.1 Å². The summed E-state index contributed by atoms with van der Waals surface area (Å²) < 4.78 is 1.84. The minimum atomic E-state index is -0.0125. The van der Waals surface area contributed by atoms with E-state index in [4.69, 9.17) is 0 Å². The average molecular weight is 424 g/mol. The molecule has 20 heavy (non-hydrogen) atoms. The van der Waals surface area contributed by atoms with E-state index in [9.17, 15) is 4.79 Å². The molecule has 0 aromatic carbocycles. The first-order valence-corrected chi connectivity index (χ1v) is 9.53. The van der Waals surface area contributed by atoms with Crippen LogP contribution in [0.15, 0.2) is 13.6 Å². The van der Waals surface area contributed by atoms with Crippen molar-refractivity contribution >= 4 is 49.1 Å². The number of hydrogen-bond acceptors (Lipinski definition) is 3. The van der Waals surface area contributed by atoms with Crippen LogP contribution in [0.1, 0.15) is 48.9 Å². The van der Waals surface area contributed by atoms with Crippen LogP contribution in [-0.4, -0.2) is 25.0 Å². The highest BCUT2D eigenvalue weighted by atomic mass is 79.9. The molecule has 0 radical (unpaired) electrons. The number of thiophene rings is 1. The summed E-state index contributed by atoms with van der Waals surface area (Å²) in [6, 6.07) is 2.49. The number of halogens is 2. The molecule has 0 atom stereocenters. The van der Waals surface area contributed by atoms with Gasteiger partial charge in [0.2, 0.25) is 0 Å². The number of hydrogen-bond donors (Lipinski definition) is 2. The molecule has 1 aliphatic rings. The normalized spacial score (nSPS) is 16.9. The fourth-order valence-electron chi connectivity index (χ4n) is 2.53. The van der Waals surface area contributed by atoms with E-state index in [1.165, 1.54) is 49.9 Å². The fourth-order valence-corrected chi connectivity index (χ4v) is 5.32. The van der Waals surface area contributed by atoms with Crippen molar-refractivity contribution in [2.75, 3.05) is 13.1 Å². The smallest absolute Gasteiger partial charge is 0.253 e. The van der Waals surface area contributed by atoms with E-state index in [0.717, 1.165) is 14.1 Å². The van der Waals surface area contributed by atoms with Gasteiger partial charge in [-0.1, -0.05) is 25.7 Å². The van der Waals surface area contributed by atoms with E-state index < -0.39 is 0 Å². The summed E-state index contributed by atoms with van der Waals surface area (Å²) >= 11 is 8.32. The molecule has 1 aromatic rings. The second kappa shape index (κ2) is 8.51. The molecule has 3 nitrogen and oxygen atoms in total. The molecular weight excluding hydrogens is 404 g/mol. The van der Waals surface area contributed by atoms with E-state index in [-0.39, 0.29) is 5.91 Å². The number of amides is 1. The maximum atomic E-state index is 12.0. The largest absolute Gasteiger partial charge is 0.351 e. The van der Waals surface area contributed by atoms with Crippen molar-refractivity contribution < 1.29 is 4.79 Å². The van der Waals surface area contributed by atoms with Gasteiger partial charge in [-0.25, -0.2) is 0 Å². The van der Waals surface area contributed by atoms with Crippen molar-refractivity contribution in [2.24, 2.45) is 0 Å². The van der Waals surface area contributed by atoms with Crippen LogP contribution in [0.3, 0.4) is 0 Å². The van der Waals surface area contributed by atoms with Gasteiger partial charge in [0, 0.05) is 19.1 Å². The standard InChI is InChI=1S/C14H20Br2N2OS/c15-12-9-11(13(16)20-12)14(19)18-8-7-17-10-5-3-1-2-4-6-10/h9-10,17H,1-8H2,(H,18,19). The Morgan fingerprint density at radius 1 is 1.20 bits per heavy atom. The molecule has 0 bridgehead atoms. The zero-order valence-corrected chi connectivity index (χ0v) is 15.4. The molecule has 2 rings (SSSR count). The quantitative estimate of drug-likeness (QED) is 0.547. The second-order valence-electron chi connectivity index (χ2n) is 5.14. The van der Waals surface area contributed by atoms with Crippen molar-refractivity contribution in [1.82, 2.24) is 10.6 Å². The Hall–Kier alpha value is 0.0900. The number of rotatable bonds is 5. The lowest BCUT2D eigenvalue weighted by molar-refractivity contribution is 0.0953. The topological polar surface area (TPSA) is 41.1 Å². The summed E-state index contributed by atoms with van der Waals surface area (Å²) in [5.74, 6) is -0.0125. The summed E-state index contributed by atoms with van der Waals surface area (Å²) in [5.41, 5.74) is 0.705. The van der Waals surface area contributed by atoms with E-state index in [1.54, 1.807) is 0 Å². The lowest BCUT2D eigenvalue weighted by Gasteiger charge is -2.16. The molecule has 1 amide bonds. The van der Waals surface area contributed by atoms with Gasteiger partial charge >= 0.3 is 0 Å². The molecule has 0 saturated heterocycles. The first-order valence-electron chi connectivity index (χ1n) is 7.13. The molecule has 1 saturated carbocycles. The monoisotopic (exact) mass is 422 g/mol. The number of carbonyl (C=O) groups is 1. The Bertz CT molecular complexity index is 442. The van der Waals surface area contributed by atoms with Crippen LogP contribution in [0, 0.1) is 0 Å². The summed E-state index contributed by atoms with van der Waals surface area (Å²) in [6.07, 6.45) is 7.96. The van der Waals surface area contributed by atoms with Crippen LogP contribution in [0.2, 0.25) is 0 Å². The lowest BCUT2D eigenvalue weighted by Crippen LogP contribution is -2.36. The Balaban J connectivity index is 1.67. The lowest BCUT2D eigenvalue weighted by atomic mass is 10.1. The van der Waals surface area contributed by atoms with Crippen LogP contribution in [0.4, 0.5) is 0 Å². The summed E-state index contributed by atoms with van der Waals surface area (Å²) in [5, 5.41) is 6.52. The summed E-state index contributed by atoms with van der Waals surface area (Å²) in [7, 11) is 0. The highest BCUT2D eigenvalue weighted by molar-refractivity contribution is 9.12. The predicted octanol–water partition coefficient (Wildman–Crippen LogP) is 4.32. The molecule has 6 heteroatoms. The molecule has 0 spiro atoms. The Labute approximate surface area is 141 Å². The van der Waals surface area contributed by atoms with Crippen molar-refractivity contribution in [3.05, 3.63) is 19.2 Å². The zero-order valence-electron chi connectivity index (χ0n) is 11.4. The Kier molecular flexibility index (Phi) is 7.01. The van der Waals surface area contributed by atoms with Crippen LogP contribution in [-0.2, 0) is 0 Å². The molecule has 0 aliphatic heterocycles. The molecule has 1 heterocycles. The van der Waals surface area contributed by atoms with E-state index in [1.807, 2.05) is 6.07 Å². The van der Waals surface area contributed by atoms with Gasteiger partial charge in [-0.2, -0.15) is 0 Å². The third-order valence-electron chi connectivity index (χ3n) is 3.60. The van der Waals surface area contributed by atoms with Gasteiger partial charge in [-0.3, -0.25) is 4.79 Å². The van der Waals surface area contributed by atoms with Crippen LogP contribution in [0.25, 0.3) is 0 Å². The van der Waals surface area contributed by atoms with E-state index in [0.29, 0.717) is 18.2 Å². The molecule has 0 unspecified atom stereocenters. The molecule has 1 fully saturated rings. The maximum Gasteiger partial charge on any atom is 0.253 e. The van der Waals surface area contributed by atoms with Gasteiger partial charge in [-0.15, -0.1) is 11.3 Å². The summed E-state index contributed by atoms with van der Waals surface area (Å²) in [6.45, 7) is 1.52. The van der Waals surface area contributed by atoms with Crippen molar-refractivity contribution in [3.63, 3.8) is 0 Å². The van der Waals surface area contributed by atoms with Crippen LogP contribution >= 0.6 is 43.2 Å². The van der Waals surface area contributed by atoms with Crippen LogP contribution < -0.4 is 10.6 Å². The van der Waals surface area contributed by atoms with E-state index >= 15 is 0 Å². The number of carbonyl (C=O) groups excluding carboxylic acids is 1. The van der Waals surface area contributed by atoms with E-state index in [2.05, 4.69) is 42.5 Å². The minimum absolute atomic E-state index is 0.0125. The molecule has 1 aliphatic carbocycles. The van der Waals surface area contributed by atoms with Crippen molar-refractivity contribution in [2.45, 2.75) is 44.6 Å². The Morgan fingerprint density at radius 2 is 1.90 bits per heavy atom. The predicted molar refractivity (Wildman–Crippen MR) is 91.5 cm³/mol. The third kappa shape index (κ3) is 5.13. The third-order valence-corrected chi connectivity index (χ3v) is 5.94. The molecule has 2 N–H and O–H groups in total. The maximum absolute atomic E-state index is 12.0. The summed E-state index contributed by atoms with van der Waals surface area (Å²) in [4.78, 5) is 12.0. The van der Waals surface area contributed by atoms with Gasteiger partial charge < -0.3 is 10.6 Å². The molecule has 112 valence electrons. The Morgan fingerprint density at radius 3 is 2.50 bits per heavy atom. The first kappa shape index (κ1) is 16.5. The minimum Gasteiger partial charge on any atom is -0.351 e. The highest BCUT2D eigenvalue weighted by Gasteiger charge is 2.14. The van der Waals surface area contributed by atoms with Crippen LogP contribution in [0.5, 0.6) is 0 Å². The number of nitrogens with one attached hydrogen (secondary N) is 2. The van der Waals surface area contributed by atoms with Gasteiger partial charge in [0.25, 0.3) is 5.91 Å². The molecule has 1 aromatic heterocycles. The van der Waals surface area contributed by atoms with Crippen molar-refractivity contribution in [1.29, 1.82) is 0 Å². The van der Waals surface area contributed by atoms with Gasteiger partial charge in [0.1, 0.15) is 0 Å². The highest BCUT2D eigenvalue weighted by Crippen LogP contribution is 2.31. The fraction of sp³-hybridized carbons (Fsp3) is 0.643. The second-order valence-corrected chi connectivity index (χ2v) is 8.89. The average Bonchev–Trinajstić information content (AvgIpc) is 2.64.